The molecule has 1 aromatic carbocycles. The number of carbonyl (C=O) groups is 2. The first-order valence-corrected chi connectivity index (χ1v) is 6.85. The number of fused-ring (bicyclic) bond motifs is 1. The number of anilines is 1. The molecule has 0 bridgehead atoms. The van der Waals surface area contributed by atoms with Gasteiger partial charge < -0.3 is 16.0 Å². The predicted molar refractivity (Wildman–Crippen MR) is 77.7 cm³/mol. The molecular formula is C15H16N4O2. The Morgan fingerprint density at radius 2 is 2.05 bits per heavy atom. The molecule has 1 aliphatic carbocycles. The van der Waals surface area contributed by atoms with Gasteiger partial charge >= 0.3 is 0 Å². The molecule has 6 heteroatoms. The Morgan fingerprint density at radius 1 is 1.29 bits per heavy atom. The number of nitrogens with zero attached hydrogens (tertiary/aromatic N) is 1. The summed E-state index contributed by atoms with van der Waals surface area (Å²) in [5, 5.41) is 2.88. The van der Waals surface area contributed by atoms with Crippen LogP contribution in [0.25, 0.3) is 0 Å². The number of aromatic amines is 1. The summed E-state index contributed by atoms with van der Waals surface area (Å²) in [7, 11) is 0. The molecule has 0 saturated carbocycles. The number of aryl methyl sites for hydroxylation is 1. The van der Waals surface area contributed by atoms with E-state index in [1.54, 1.807) is 30.6 Å². The maximum atomic E-state index is 12.3. The molecular weight excluding hydrogens is 268 g/mol. The van der Waals surface area contributed by atoms with Crippen molar-refractivity contribution in [2.75, 3.05) is 5.32 Å². The van der Waals surface area contributed by atoms with E-state index in [9.17, 15) is 9.59 Å². The second kappa shape index (κ2) is 5.40. The quantitative estimate of drug-likeness (QED) is 0.790. The number of nitrogens with one attached hydrogen (secondary N) is 2. The van der Waals surface area contributed by atoms with Crippen molar-refractivity contribution in [3.8, 4) is 0 Å². The van der Waals surface area contributed by atoms with Gasteiger partial charge in [0.2, 0.25) is 11.8 Å². The topological polar surface area (TPSA) is 101 Å². The highest BCUT2D eigenvalue weighted by Crippen LogP contribution is 2.24. The van der Waals surface area contributed by atoms with E-state index in [1.807, 2.05) is 0 Å². The Kier molecular flexibility index (Phi) is 3.43. The fraction of sp³-hybridized carbons (Fsp3) is 0.267. The van der Waals surface area contributed by atoms with Gasteiger partial charge in [-0.2, -0.15) is 0 Å². The minimum Gasteiger partial charge on any atom is -0.366 e. The molecule has 1 aromatic heterocycles. The van der Waals surface area contributed by atoms with Crippen molar-refractivity contribution in [3.63, 3.8) is 0 Å². The van der Waals surface area contributed by atoms with Crippen LogP contribution in [0, 0.1) is 5.92 Å². The summed E-state index contributed by atoms with van der Waals surface area (Å²) in [5.74, 6) is -0.553. The highest BCUT2D eigenvalue weighted by molar-refractivity contribution is 5.95. The van der Waals surface area contributed by atoms with E-state index in [1.165, 1.54) is 0 Å². The van der Waals surface area contributed by atoms with E-state index < -0.39 is 5.91 Å². The molecule has 21 heavy (non-hydrogen) atoms. The van der Waals surface area contributed by atoms with Gasteiger partial charge in [0.15, 0.2) is 0 Å². The fourth-order valence-electron chi connectivity index (χ4n) is 2.59. The van der Waals surface area contributed by atoms with Gasteiger partial charge in [-0.05, 0) is 37.1 Å². The number of H-pyrrole nitrogens is 1. The summed E-state index contributed by atoms with van der Waals surface area (Å²) >= 11 is 0. The zero-order chi connectivity index (χ0) is 14.8. The molecule has 2 aromatic rings. The maximum Gasteiger partial charge on any atom is 0.248 e. The van der Waals surface area contributed by atoms with Gasteiger partial charge in [0, 0.05) is 29.3 Å². The second-order valence-corrected chi connectivity index (χ2v) is 5.20. The third-order valence-electron chi connectivity index (χ3n) is 3.80. The Morgan fingerprint density at radius 3 is 2.76 bits per heavy atom. The number of primary amides is 1. The van der Waals surface area contributed by atoms with E-state index in [0.29, 0.717) is 17.7 Å². The molecule has 4 N–H and O–H groups in total. The van der Waals surface area contributed by atoms with Crippen LogP contribution in [0.2, 0.25) is 0 Å². The van der Waals surface area contributed by atoms with Gasteiger partial charge in [-0.25, -0.2) is 4.98 Å². The van der Waals surface area contributed by atoms with Crippen LogP contribution in [-0.2, 0) is 17.6 Å². The van der Waals surface area contributed by atoms with Crippen LogP contribution in [0.3, 0.4) is 0 Å². The van der Waals surface area contributed by atoms with Gasteiger partial charge in [0.25, 0.3) is 0 Å². The highest BCUT2D eigenvalue weighted by Gasteiger charge is 2.26. The lowest BCUT2D eigenvalue weighted by molar-refractivity contribution is -0.120. The van der Waals surface area contributed by atoms with Crippen molar-refractivity contribution in [1.82, 2.24) is 9.97 Å². The van der Waals surface area contributed by atoms with Crippen LogP contribution in [-0.4, -0.2) is 21.8 Å². The van der Waals surface area contributed by atoms with Gasteiger partial charge in [-0.1, -0.05) is 0 Å². The molecule has 0 fully saturated rings. The maximum absolute atomic E-state index is 12.3. The van der Waals surface area contributed by atoms with Crippen molar-refractivity contribution in [1.29, 1.82) is 0 Å². The van der Waals surface area contributed by atoms with Gasteiger partial charge in [-0.15, -0.1) is 0 Å². The number of aromatic nitrogens is 2. The molecule has 6 nitrogen and oxygen atoms in total. The molecule has 0 saturated heterocycles. The van der Waals surface area contributed by atoms with E-state index in [0.717, 1.165) is 24.2 Å². The first-order chi connectivity index (χ1) is 10.1. The largest absolute Gasteiger partial charge is 0.366 e. The van der Waals surface area contributed by atoms with Gasteiger partial charge in [0.05, 0.1) is 12.0 Å². The number of carbonyl (C=O) groups excluding carboxylic acids is 2. The van der Waals surface area contributed by atoms with Crippen molar-refractivity contribution in [2.45, 2.75) is 19.3 Å². The molecule has 0 aliphatic heterocycles. The fourth-order valence-corrected chi connectivity index (χ4v) is 2.59. The number of hydrogen-bond acceptors (Lipinski definition) is 3. The summed E-state index contributed by atoms with van der Waals surface area (Å²) in [6, 6.07) is 6.57. The molecule has 1 heterocycles. The van der Waals surface area contributed by atoms with Gasteiger partial charge in [0.1, 0.15) is 0 Å². The SMILES string of the molecule is NC(=O)c1ccc(NC(=O)C2CCc3nc[nH]c3C2)cc1. The van der Waals surface area contributed by atoms with Crippen LogP contribution in [0.15, 0.2) is 30.6 Å². The van der Waals surface area contributed by atoms with E-state index in [2.05, 4.69) is 15.3 Å². The number of hydrogen-bond donors (Lipinski definition) is 3. The third kappa shape index (κ3) is 2.79. The Hall–Kier alpha value is -2.63. The number of amides is 2. The van der Waals surface area contributed by atoms with E-state index >= 15 is 0 Å². The zero-order valence-corrected chi connectivity index (χ0v) is 11.4. The summed E-state index contributed by atoms with van der Waals surface area (Å²) in [6.07, 6.45) is 3.97. The number of benzene rings is 1. The molecule has 2 amide bonds. The van der Waals surface area contributed by atoms with Crippen molar-refractivity contribution in [3.05, 3.63) is 47.5 Å². The Bertz CT molecular complexity index is 675. The van der Waals surface area contributed by atoms with E-state index in [-0.39, 0.29) is 11.8 Å². The first-order valence-electron chi connectivity index (χ1n) is 6.85. The highest BCUT2D eigenvalue weighted by atomic mass is 16.2. The lowest BCUT2D eigenvalue weighted by Gasteiger charge is -2.20. The van der Waals surface area contributed by atoms with E-state index in [4.69, 9.17) is 5.73 Å². The predicted octanol–water partition coefficient (Wildman–Crippen LogP) is 1.25. The van der Waals surface area contributed by atoms with Crippen LogP contribution < -0.4 is 11.1 Å². The average Bonchev–Trinajstić information content (AvgIpc) is 2.95. The Balaban J connectivity index is 1.65. The van der Waals surface area contributed by atoms with Crippen LogP contribution in [0.5, 0.6) is 0 Å². The van der Waals surface area contributed by atoms with Gasteiger partial charge in [-0.3, -0.25) is 9.59 Å². The molecule has 0 spiro atoms. The summed E-state index contributed by atoms with van der Waals surface area (Å²) in [4.78, 5) is 30.6. The monoisotopic (exact) mass is 284 g/mol. The summed E-state index contributed by atoms with van der Waals surface area (Å²) in [6.45, 7) is 0. The Labute approximate surface area is 121 Å². The van der Waals surface area contributed by atoms with Crippen molar-refractivity contribution < 1.29 is 9.59 Å². The summed E-state index contributed by atoms with van der Waals surface area (Å²) in [5.41, 5.74) is 8.38. The first kappa shape index (κ1) is 13.4. The minimum absolute atomic E-state index is 0.0120. The van der Waals surface area contributed by atoms with Crippen LogP contribution in [0.4, 0.5) is 5.69 Å². The average molecular weight is 284 g/mol. The molecule has 1 atom stereocenters. The second-order valence-electron chi connectivity index (χ2n) is 5.20. The number of rotatable bonds is 3. The molecule has 1 unspecified atom stereocenters. The smallest absolute Gasteiger partial charge is 0.248 e. The standard InChI is InChI=1S/C15H16N4O2/c16-14(20)9-1-4-11(5-2-9)19-15(21)10-3-6-12-13(7-10)18-8-17-12/h1-2,4-5,8,10H,3,6-7H2,(H2,16,20)(H,17,18)(H,19,21). The summed E-state index contributed by atoms with van der Waals surface area (Å²) < 4.78 is 0. The normalized spacial score (nSPS) is 17.0. The van der Waals surface area contributed by atoms with Crippen molar-refractivity contribution >= 4 is 17.5 Å². The lowest BCUT2D eigenvalue weighted by atomic mass is 9.89. The molecule has 1 aliphatic rings. The van der Waals surface area contributed by atoms with Crippen molar-refractivity contribution in [2.24, 2.45) is 11.7 Å². The molecule has 108 valence electrons. The molecule has 0 radical (unpaired) electrons. The number of imidazole rings is 1. The lowest BCUT2D eigenvalue weighted by Crippen LogP contribution is -2.28. The number of nitrogens with two attached hydrogens (primary N) is 1. The van der Waals surface area contributed by atoms with Crippen LogP contribution in [0.1, 0.15) is 28.2 Å². The minimum atomic E-state index is -0.480. The molecule has 3 rings (SSSR count). The third-order valence-corrected chi connectivity index (χ3v) is 3.80. The zero-order valence-electron chi connectivity index (χ0n) is 11.4. The van der Waals surface area contributed by atoms with Crippen LogP contribution >= 0.6 is 0 Å².